The Bertz CT molecular complexity index is 1010. The van der Waals surface area contributed by atoms with Gasteiger partial charge in [-0.05, 0) is 37.6 Å². The molecule has 3 aromatic rings. The number of nitrogens with one attached hydrogen (secondary N) is 1. The molecule has 154 valence electrons. The molecular formula is C20H22FN3O4S. The van der Waals surface area contributed by atoms with E-state index in [1.165, 1.54) is 37.5 Å². The van der Waals surface area contributed by atoms with Gasteiger partial charge in [-0.2, -0.15) is 5.10 Å². The van der Waals surface area contributed by atoms with E-state index in [2.05, 4.69) is 10.4 Å². The molecule has 0 unspecified atom stereocenters. The van der Waals surface area contributed by atoms with Crippen LogP contribution in [0.25, 0.3) is 10.2 Å². The van der Waals surface area contributed by atoms with Crippen LogP contribution in [0.3, 0.4) is 0 Å². The summed E-state index contributed by atoms with van der Waals surface area (Å²) in [6.07, 6.45) is -0.915. The van der Waals surface area contributed by atoms with Crippen LogP contribution in [0.4, 0.5) is 4.39 Å². The van der Waals surface area contributed by atoms with E-state index >= 15 is 0 Å². The maximum atomic E-state index is 13.1. The Morgan fingerprint density at radius 1 is 1.31 bits per heavy atom. The first kappa shape index (κ1) is 20.9. The number of esters is 1. The van der Waals surface area contributed by atoms with E-state index in [1.807, 2.05) is 6.92 Å². The van der Waals surface area contributed by atoms with Crippen molar-refractivity contribution in [3.63, 3.8) is 0 Å². The molecule has 0 fully saturated rings. The number of amides is 1. The topological polar surface area (TPSA) is 82.4 Å². The highest BCUT2D eigenvalue weighted by molar-refractivity contribution is 7.20. The minimum absolute atomic E-state index is 0.294. The Morgan fingerprint density at radius 3 is 2.72 bits per heavy atom. The van der Waals surface area contributed by atoms with E-state index in [1.54, 1.807) is 22.9 Å². The molecule has 1 N–H and O–H groups in total. The first-order valence-corrected chi connectivity index (χ1v) is 9.89. The number of methoxy groups -OCH3 is 1. The van der Waals surface area contributed by atoms with Gasteiger partial charge in [0.25, 0.3) is 5.91 Å². The summed E-state index contributed by atoms with van der Waals surface area (Å²) < 4.78 is 25.1. The number of nitrogens with zero attached hydrogens (tertiary/aromatic N) is 2. The molecule has 0 spiro atoms. The fraction of sp³-hybridized carbons (Fsp3) is 0.350. The Hall–Kier alpha value is -2.78. The summed E-state index contributed by atoms with van der Waals surface area (Å²) in [6.45, 7) is 4.56. The lowest BCUT2D eigenvalue weighted by Gasteiger charge is -2.12. The minimum Gasteiger partial charge on any atom is -0.448 e. The number of aromatic nitrogens is 2. The lowest BCUT2D eigenvalue weighted by molar-refractivity contribution is -0.129. The number of carbonyl (C=O) groups excluding carboxylic acids is 2. The quantitative estimate of drug-likeness (QED) is 0.448. The standard InChI is InChI=1S/C20H22FN3O4S/c1-12-16-10-17(20(26)28-13(2)18(25)22-8-9-27-3)29-19(16)24(23-12)11-14-4-6-15(21)7-5-14/h4-7,10,13H,8-9,11H2,1-3H3,(H,22,25)/t13-/m1/s1. The zero-order valence-corrected chi connectivity index (χ0v) is 17.2. The molecule has 0 aliphatic heterocycles. The number of carbonyl (C=O) groups is 2. The SMILES string of the molecule is COCCNC(=O)[C@@H](C)OC(=O)c1cc2c(C)nn(Cc3ccc(F)cc3)c2s1. The zero-order valence-electron chi connectivity index (χ0n) is 16.4. The summed E-state index contributed by atoms with van der Waals surface area (Å²) in [4.78, 5) is 25.7. The van der Waals surface area contributed by atoms with E-state index in [-0.39, 0.29) is 11.7 Å². The van der Waals surface area contributed by atoms with Crippen LogP contribution in [-0.2, 0) is 20.8 Å². The number of aryl methyl sites for hydroxylation is 1. The third kappa shape index (κ3) is 4.99. The lowest BCUT2D eigenvalue weighted by atomic mass is 10.2. The van der Waals surface area contributed by atoms with Crippen molar-refractivity contribution in [2.75, 3.05) is 20.3 Å². The lowest BCUT2D eigenvalue weighted by Crippen LogP contribution is -2.37. The molecule has 9 heteroatoms. The summed E-state index contributed by atoms with van der Waals surface area (Å²) in [5.74, 6) is -1.24. The van der Waals surface area contributed by atoms with Gasteiger partial charge in [0, 0.05) is 19.0 Å². The summed E-state index contributed by atoms with van der Waals surface area (Å²) in [5.41, 5.74) is 1.68. The van der Waals surface area contributed by atoms with Crippen LogP contribution in [0, 0.1) is 12.7 Å². The predicted octanol–water partition coefficient (Wildman–Crippen LogP) is 2.90. The average Bonchev–Trinajstić information content (AvgIpc) is 3.25. The van der Waals surface area contributed by atoms with Gasteiger partial charge in [0.15, 0.2) is 6.10 Å². The van der Waals surface area contributed by atoms with E-state index < -0.39 is 12.1 Å². The summed E-state index contributed by atoms with van der Waals surface area (Å²) >= 11 is 1.25. The number of thiophene rings is 1. The molecule has 3 rings (SSSR count). The largest absolute Gasteiger partial charge is 0.448 e. The third-order valence-corrected chi connectivity index (χ3v) is 5.44. The molecule has 2 heterocycles. The highest BCUT2D eigenvalue weighted by Gasteiger charge is 2.22. The number of benzene rings is 1. The smallest absolute Gasteiger partial charge is 0.349 e. The molecular weight excluding hydrogens is 397 g/mol. The molecule has 2 aromatic heterocycles. The molecule has 7 nitrogen and oxygen atoms in total. The fourth-order valence-corrected chi connectivity index (χ4v) is 3.82. The van der Waals surface area contributed by atoms with Gasteiger partial charge in [0.1, 0.15) is 15.5 Å². The maximum absolute atomic E-state index is 13.1. The average molecular weight is 419 g/mol. The van der Waals surface area contributed by atoms with Gasteiger partial charge < -0.3 is 14.8 Å². The van der Waals surface area contributed by atoms with E-state index in [4.69, 9.17) is 9.47 Å². The van der Waals surface area contributed by atoms with Gasteiger partial charge in [-0.3, -0.25) is 9.48 Å². The van der Waals surface area contributed by atoms with Crippen LogP contribution < -0.4 is 5.32 Å². The van der Waals surface area contributed by atoms with Crippen LogP contribution in [0.1, 0.15) is 27.9 Å². The van der Waals surface area contributed by atoms with Crippen LogP contribution >= 0.6 is 11.3 Å². The molecule has 0 aliphatic rings. The number of rotatable bonds is 8. The van der Waals surface area contributed by atoms with Gasteiger partial charge in [-0.15, -0.1) is 11.3 Å². The second-order valence-corrected chi connectivity index (χ2v) is 7.56. The minimum atomic E-state index is -0.915. The molecule has 0 saturated heterocycles. The first-order valence-electron chi connectivity index (χ1n) is 9.08. The van der Waals surface area contributed by atoms with Crippen molar-refractivity contribution >= 4 is 33.4 Å². The molecule has 1 atom stereocenters. The monoisotopic (exact) mass is 419 g/mol. The second kappa shape index (κ2) is 9.15. The number of hydrogen-bond donors (Lipinski definition) is 1. The van der Waals surface area contributed by atoms with Gasteiger partial charge in [0.2, 0.25) is 0 Å². The van der Waals surface area contributed by atoms with Crippen molar-refractivity contribution in [2.24, 2.45) is 0 Å². The fourth-order valence-electron chi connectivity index (χ4n) is 2.78. The van der Waals surface area contributed by atoms with Crippen LogP contribution in [0.2, 0.25) is 0 Å². The Labute approximate surface area is 171 Å². The number of halogens is 1. The van der Waals surface area contributed by atoms with Gasteiger partial charge in [0.05, 0.1) is 18.8 Å². The zero-order chi connectivity index (χ0) is 21.0. The van der Waals surface area contributed by atoms with Crippen LogP contribution in [0.5, 0.6) is 0 Å². The van der Waals surface area contributed by atoms with Crippen molar-refractivity contribution in [3.8, 4) is 0 Å². The molecule has 1 aromatic carbocycles. The maximum Gasteiger partial charge on any atom is 0.349 e. The number of fused-ring (bicyclic) bond motifs is 1. The van der Waals surface area contributed by atoms with Crippen molar-refractivity contribution in [1.29, 1.82) is 0 Å². The van der Waals surface area contributed by atoms with Crippen LogP contribution in [0.15, 0.2) is 30.3 Å². The Kier molecular flexibility index (Phi) is 6.60. The third-order valence-electron chi connectivity index (χ3n) is 4.31. The Morgan fingerprint density at radius 2 is 2.03 bits per heavy atom. The van der Waals surface area contributed by atoms with Crippen molar-refractivity contribution in [2.45, 2.75) is 26.5 Å². The molecule has 0 radical (unpaired) electrons. The van der Waals surface area contributed by atoms with Crippen molar-refractivity contribution in [3.05, 3.63) is 52.3 Å². The predicted molar refractivity (Wildman–Crippen MR) is 108 cm³/mol. The highest BCUT2D eigenvalue weighted by atomic mass is 32.1. The number of ether oxygens (including phenoxy) is 2. The molecule has 0 aliphatic carbocycles. The van der Waals surface area contributed by atoms with Crippen molar-refractivity contribution in [1.82, 2.24) is 15.1 Å². The van der Waals surface area contributed by atoms with Crippen LogP contribution in [-0.4, -0.2) is 48.0 Å². The van der Waals surface area contributed by atoms with E-state index in [9.17, 15) is 14.0 Å². The van der Waals surface area contributed by atoms with Crippen molar-refractivity contribution < 1.29 is 23.5 Å². The van der Waals surface area contributed by atoms with Gasteiger partial charge in [-0.1, -0.05) is 12.1 Å². The van der Waals surface area contributed by atoms with Gasteiger partial charge >= 0.3 is 5.97 Å². The summed E-state index contributed by atoms with van der Waals surface area (Å²) in [7, 11) is 1.54. The molecule has 0 bridgehead atoms. The van der Waals surface area contributed by atoms with Gasteiger partial charge in [-0.25, -0.2) is 9.18 Å². The molecule has 29 heavy (non-hydrogen) atoms. The highest BCUT2D eigenvalue weighted by Crippen LogP contribution is 2.29. The summed E-state index contributed by atoms with van der Waals surface area (Å²) in [5, 5.41) is 7.99. The number of hydrogen-bond acceptors (Lipinski definition) is 6. The van der Waals surface area contributed by atoms with E-state index in [0.29, 0.717) is 24.6 Å². The normalized spacial score (nSPS) is 12.1. The second-order valence-electron chi connectivity index (χ2n) is 6.53. The molecule has 0 saturated carbocycles. The Balaban J connectivity index is 1.72. The first-order chi connectivity index (χ1) is 13.9. The summed E-state index contributed by atoms with van der Waals surface area (Å²) in [6, 6.07) is 7.93. The van der Waals surface area contributed by atoms with E-state index in [0.717, 1.165) is 21.5 Å². The molecule has 1 amide bonds.